The highest BCUT2D eigenvalue weighted by atomic mass is 35.5. The predicted octanol–water partition coefficient (Wildman–Crippen LogP) is 3.76. The zero-order chi connectivity index (χ0) is 17.7. The van der Waals surface area contributed by atoms with E-state index < -0.39 is 23.0 Å². The van der Waals surface area contributed by atoms with Crippen LogP contribution in [0.2, 0.25) is 5.02 Å². The van der Waals surface area contributed by atoms with E-state index in [0.29, 0.717) is 12.2 Å². The Balaban J connectivity index is 2.00. The van der Waals surface area contributed by atoms with E-state index in [2.05, 4.69) is 10.6 Å². The van der Waals surface area contributed by atoms with E-state index in [-0.39, 0.29) is 5.02 Å². The lowest BCUT2D eigenvalue weighted by molar-refractivity contribution is -0.138. The molecule has 6 heteroatoms. The Morgan fingerprint density at radius 2 is 1.75 bits per heavy atom. The van der Waals surface area contributed by atoms with Crippen LogP contribution in [0.3, 0.4) is 0 Å². The maximum absolute atomic E-state index is 13.2. The van der Waals surface area contributed by atoms with Crippen LogP contribution >= 0.6 is 11.6 Å². The van der Waals surface area contributed by atoms with E-state index >= 15 is 0 Å². The van der Waals surface area contributed by atoms with Crippen LogP contribution in [0.25, 0.3) is 0 Å². The first-order valence-electron chi connectivity index (χ1n) is 7.39. The monoisotopic (exact) mass is 348 g/mol. The molecule has 24 heavy (non-hydrogen) atoms. The lowest BCUT2D eigenvalue weighted by atomic mass is 9.90. The molecule has 0 aromatic heterocycles. The van der Waals surface area contributed by atoms with Gasteiger partial charge in [-0.3, -0.25) is 9.59 Å². The Hall–Kier alpha value is -2.40. The van der Waals surface area contributed by atoms with Crippen LogP contribution in [0, 0.1) is 11.2 Å². The van der Waals surface area contributed by atoms with Gasteiger partial charge in [0.05, 0.1) is 5.02 Å². The molecule has 2 amide bonds. The molecule has 0 fully saturated rings. The molecule has 2 rings (SSSR count). The average Bonchev–Trinajstić information content (AvgIpc) is 2.56. The molecule has 0 heterocycles. The zero-order valence-electron chi connectivity index (χ0n) is 13.4. The second-order valence-electron chi connectivity index (χ2n) is 5.88. The third-order valence-electron chi connectivity index (χ3n) is 3.61. The van der Waals surface area contributed by atoms with Gasteiger partial charge in [0.1, 0.15) is 11.2 Å². The van der Waals surface area contributed by atoms with Gasteiger partial charge in [-0.1, -0.05) is 41.9 Å². The topological polar surface area (TPSA) is 58.2 Å². The summed E-state index contributed by atoms with van der Waals surface area (Å²) in [5.41, 5.74) is -0.0296. The first kappa shape index (κ1) is 17.9. The molecule has 0 aliphatic rings. The molecule has 2 aromatic carbocycles. The van der Waals surface area contributed by atoms with Crippen LogP contribution in [-0.2, 0) is 16.1 Å². The number of amides is 2. The van der Waals surface area contributed by atoms with Gasteiger partial charge in [-0.2, -0.15) is 0 Å². The number of anilines is 1. The molecule has 0 radical (unpaired) electrons. The van der Waals surface area contributed by atoms with Crippen LogP contribution < -0.4 is 10.6 Å². The number of rotatable bonds is 5. The van der Waals surface area contributed by atoms with Crippen molar-refractivity contribution in [1.29, 1.82) is 0 Å². The summed E-state index contributed by atoms with van der Waals surface area (Å²) in [5, 5.41) is 5.22. The van der Waals surface area contributed by atoms with E-state index in [1.807, 2.05) is 30.3 Å². The standard InChI is InChI=1S/C18H18ClFN2O2/c1-18(2,16(23)21-11-12-6-4-3-5-7-12)17(24)22-13-8-9-15(20)14(19)10-13/h3-10H,11H2,1-2H3,(H,21,23)(H,22,24). The lowest BCUT2D eigenvalue weighted by Gasteiger charge is -2.23. The van der Waals surface area contributed by atoms with Gasteiger partial charge < -0.3 is 10.6 Å². The van der Waals surface area contributed by atoms with E-state index in [1.54, 1.807) is 0 Å². The predicted molar refractivity (Wildman–Crippen MR) is 92.1 cm³/mol. The fourth-order valence-electron chi connectivity index (χ4n) is 1.96. The minimum absolute atomic E-state index is 0.0980. The molecule has 0 saturated heterocycles. The average molecular weight is 349 g/mol. The van der Waals surface area contributed by atoms with Crippen molar-refractivity contribution in [3.63, 3.8) is 0 Å². The Morgan fingerprint density at radius 3 is 2.38 bits per heavy atom. The Morgan fingerprint density at radius 1 is 1.08 bits per heavy atom. The maximum Gasteiger partial charge on any atom is 0.239 e. The lowest BCUT2D eigenvalue weighted by Crippen LogP contribution is -2.44. The van der Waals surface area contributed by atoms with Crippen LogP contribution in [0.4, 0.5) is 10.1 Å². The Labute approximate surface area is 145 Å². The van der Waals surface area contributed by atoms with Crippen LogP contribution in [0.1, 0.15) is 19.4 Å². The summed E-state index contributed by atoms with van der Waals surface area (Å²) in [6.45, 7) is 3.38. The van der Waals surface area contributed by atoms with Crippen molar-refractivity contribution in [3.8, 4) is 0 Å². The summed E-state index contributed by atoms with van der Waals surface area (Å²) < 4.78 is 13.2. The zero-order valence-corrected chi connectivity index (χ0v) is 14.2. The minimum Gasteiger partial charge on any atom is -0.351 e. The molecule has 0 aliphatic heterocycles. The number of nitrogens with one attached hydrogen (secondary N) is 2. The van der Waals surface area contributed by atoms with E-state index in [0.717, 1.165) is 11.6 Å². The largest absolute Gasteiger partial charge is 0.351 e. The summed E-state index contributed by atoms with van der Waals surface area (Å²) in [6, 6.07) is 13.2. The third-order valence-corrected chi connectivity index (χ3v) is 3.90. The normalized spacial score (nSPS) is 11.0. The molecule has 2 aromatic rings. The highest BCUT2D eigenvalue weighted by Crippen LogP contribution is 2.23. The number of hydrogen-bond donors (Lipinski definition) is 2. The second-order valence-corrected chi connectivity index (χ2v) is 6.28. The van der Waals surface area contributed by atoms with Crippen molar-refractivity contribution in [2.45, 2.75) is 20.4 Å². The van der Waals surface area contributed by atoms with Crippen molar-refractivity contribution in [2.75, 3.05) is 5.32 Å². The molecule has 0 saturated carbocycles. The van der Waals surface area contributed by atoms with Crippen molar-refractivity contribution >= 4 is 29.1 Å². The van der Waals surface area contributed by atoms with Gasteiger partial charge in [0, 0.05) is 12.2 Å². The first-order chi connectivity index (χ1) is 11.3. The van der Waals surface area contributed by atoms with Gasteiger partial charge in [0.15, 0.2) is 0 Å². The SMILES string of the molecule is CC(C)(C(=O)NCc1ccccc1)C(=O)Nc1ccc(F)c(Cl)c1. The number of carbonyl (C=O) groups is 2. The third kappa shape index (κ3) is 4.32. The van der Waals surface area contributed by atoms with Gasteiger partial charge in [-0.25, -0.2) is 4.39 Å². The smallest absolute Gasteiger partial charge is 0.239 e. The summed E-state index contributed by atoms with van der Waals surface area (Å²) >= 11 is 5.69. The fourth-order valence-corrected chi connectivity index (χ4v) is 2.14. The maximum atomic E-state index is 13.2. The molecule has 2 N–H and O–H groups in total. The summed E-state index contributed by atoms with van der Waals surface area (Å²) in [7, 11) is 0. The van der Waals surface area contributed by atoms with Gasteiger partial charge in [0.25, 0.3) is 0 Å². The highest BCUT2D eigenvalue weighted by Gasteiger charge is 2.36. The quantitative estimate of drug-likeness (QED) is 0.808. The fraction of sp³-hybridized carbons (Fsp3) is 0.222. The number of hydrogen-bond acceptors (Lipinski definition) is 2. The molecule has 0 spiro atoms. The van der Waals surface area contributed by atoms with E-state index in [1.165, 1.54) is 26.0 Å². The molecule has 4 nitrogen and oxygen atoms in total. The first-order valence-corrected chi connectivity index (χ1v) is 7.77. The molecular weight excluding hydrogens is 331 g/mol. The van der Waals surface area contributed by atoms with Gasteiger partial charge in [0.2, 0.25) is 11.8 Å². The van der Waals surface area contributed by atoms with Crippen molar-refractivity contribution in [2.24, 2.45) is 5.41 Å². The number of benzene rings is 2. The molecule has 0 aliphatic carbocycles. The molecule has 0 atom stereocenters. The summed E-state index contributed by atoms with van der Waals surface area (Å²) in [5.74, 6) is -1.48. The Bertz CT molecular complexity index is 748. The van der Waals surface area contributed by atoms with Crippen LogP contribution in [0.15, 0.2) is 48.5 Å². The molecule has 0 unspecified atom stereocenters. The van der Waals surface area contributed by atoms with Crippen LogP contribution in [-0.4, -0.2) is 11.8 Å². The number of carbonyl (C=O) groups excluding carboxylic acids is 2. The molecular formula is C18H18ClFN2O2. The highest BCUT2D eigenvalue weighted by molar-refractivity contribution is 6.31. The number of halogens is 2. The van der Waals surface area contributed by atoms with Gasteiger partial charge >= 0.3 is 0 Å². The minimum atomic E-state index is -1.30. The summed E-state index contributed by atoms with van der Waals surface area (Å²) in [6.07, 6.45) is 0. The van der Waals surface area contributed by atoms with Gasteiger partial charge in [-0.05, 0) is 37.6 Å². The molecule has 0 bridgehead atoms. The summed E-state index contributed by atoms with van der Waals surface area (Å²) in [4.78, 5) is 24.7. The van der Waals surface area contributed by atoms with Crippen molar-refractivity contribution in [1.82, 2.24) is 5.32 Å². The second kappa shape index (κ2) is 7.45. The van der Waals surface area contributed by atoms with E-state index in [9.17, 15) is 14.0 Å². The van der Waals surface area contributed by atoms with Gasteiger partial charge in [-0.15, -0.1) is 0 Å². The molecule has 126 valence electrons. The van der Waals surface area contributed by atoms with Crippen molar-refractivity contribution in [3.05, 3.63) is 64.9 Å². The van der Waals surface area contributed by atoms with E-state index in [4.69, 9.17) is 11.6 Å². The van der Waals surface area contributed by atoms with Crippen LogP contribution in [0.5, 0.6) is 0 Å². The van der Waals surface area contributed by atoms with Crippen molar-refractivity contribution < 1.29 is 14.0 Å². The Kier molecular flexibility index (Phi) is 5.57.